The molecule has 0 bridgehead atoms. The summed E-state index contributed by atoms with van der Waals surface area (Å²) in [4.78, 5) is 15.2. The van der Waals surface area contributed by atoms with Crippen LogP contribution in [-0.4, -0.2) is 38.5 Å². The highest BCUT2D eigenvalue weighted by Gasteiger charge is 2.16. The van der Waals surface area contributed by atoms with Gasteiger partial charge in [0.25, 0.3) is 0 Å². The molecule has 3 rings (SSSR count). The molecule has 2 N–H and O–H groups in total. The first-order valence-electron chi connectivity index (χ1n) is 9.56. The highest BCUT2D eigenvalue weighted by atomic mass is 32.2. The van der Waals surface area contributed by atoms with E-state index < -0.39 is 0 Å². The van der Waals surface area contributed by atoms with E-state index in [2.05, 4.69) is 43.1 Å². The lowest BCUT2D eigenvalue weighted by molar-refractivity contribution is -0.127. The van der Waals surface area contributed by atoms with Crippen LogP contribution in [-0.2, 0) is 23.4 Å². The van der Waals surface area contributed by atoms with Crippen LogP contribution in [0.5, 0.6) is 5.75 Å². The monoisotopic (exact) mass is 445 g/mol. The lowest BCUT2D eigenvalue weighted by Crippen LogP contribution is -2.27. The Hall–Kier alpha value is -2.52. The standard InChI is InChI=1S/C21H27N5O2S2/c1-21(2,3)15-7-9-16(10-8-15)28-13-18-23-24-20(26(18)22)30-14-19(27)25(4)12-17-6-5-11-29-17/h5-11H,12-14,22H2,1-4H3. The van der Waals surface area contributed by atoms with Gasteiger partial charge in [0.2, 0.25) is 11.1 Å². The lowest BCUT2D eigenvalue weighted by atomic mass is 9.87. The van der Waals surface area contributed by atoms with Gasteiger partial charge in [0, 0.05) is 11.9 Å². The van der Waals surface area contributed by atoms with Crippen molar-refractivity contribution in [2.45, 2.75) is 44.5 Å². The van der Waals surface area contributed by atoms with E-state index in [-0.39, 0.29) is 23.7 Å². The van der Waals surface area contributed by atoms with Gasteiger partial charge < -0.3 is 15.5 Å². The molecule has 160 valence electrons. The number of nitrogens with zero attached hydrogens (tertiary/aromatic N) is 4. The third kappa shape index (κ3) is 5.76. The van der Waals surface area contributed by atoms with E-state index in [0.29, 0.717) is 17.5 Å². The lowest BCUT2D eigenvalue weighted by Gasteiger charge is -2.19. The van der Waals surface area contributed by atoms with E-state index in [1.54, 1.807) is 23.3 Å². The molecule has 30 heavy (non-hydrogen) atoms. The predicted molar refractivity (Wildman–Crippen MR) is 121 cm³/mol. The van der Waals surface area contributed by atoms with Gasteiger partial charge in [-0.2, -0.15) is 0 Å². The van der Waals surface area contributed by atoms with E-state index in [9.17, 15) is 4.79 Å². The van der Waals surface area contributed by atoms with Gasteiger partial charge in [-0.25, -0.2) is 4.68 Å². The van der Waals surface area contributed by atoms with Crippen LogP contribution in [0.3, 0.4) is 0 Å². The number of thioether (sulfide) groups is 1. The third-order valence-electron chi connectivity index (χ3n) is 4.55. The maximum atomic E-state index is 12.4. The molecule has 1 aromatic carbocycles. The fourth-order valence-corrected chi connectivity index (χ4v) is 4.24. The summed E-state index contributed by atoms with van der Waals surface area (Å²) >= 11 is 2.90. The van der Waals surface area contributed by atoms with Crippen LogP contribution >= 0.6 is 23.1 Å². The quantitative estimate of drug-likeness (QED) is 0.420. The molecular weight excluding hydrogens is 418 g/mol. The number of carbonyl (C=O) groups excluding carboxylic acids is 1. The maximum Gasteiger partial charge on any atom is 0.233 e. The van der Waals surface area contributed by atoms with Crippen molar-refractivity contribution < 1.29 is 9.53 Å². The zero-order valence-electron chi connectivity index (χ0n) is 17.7. The molecule has 0 atom stereocenters. The SMILES string of the molecule is CN(Cc1cccs1)C(=O)CSc1nnc(COc2ccc(C(C)(C)C)cc2)n1N. The summed E-state index contributed by atoms with van der Waals surface area (Å²) < 4.78 is 7.17. The molecule has 0 saturated carbocycles. The maximum absolute atomic E-state index is 12.4. The van der Waals surface area contributed by atoms with Crippen LogP contribution in [0.2, 0.25) is 0 Å². The molecule has 1 amide bonds. The molecule has 0 unspecified atom stereocenters. The van der Waals surface area contributed by atoms with Crippen LogP contribution in [0.15, 0.2) is 46.9 Å². The number of carbonyl (C=O) groups is 1. The van der Waals surface area contributed by atoms with Gasteiger partial charge in [-0.3, -0.25) is 4.79 Å². The fourth-order valence-electron chi connectivity index (χ4n) is 2.66. The number of nitrogen functional groups attached to an aromatic ring is 1. The largest absolute Gasteiger partial charge is 0.486 e. The smallest absolute Gasteiger partial charge is 0.233 e. The number of aromatic nitrogens is 3. The summed E-state index contributed by atoms with van der Waals surface area (Å²) in [6.45, 7) is 7.31. The number of hydrogen-bond donors (Lipinski definition) is 1. The summed E-state index contributed by atoms with van der Waals surface area (Å²) in [6, 6.07) is 12.0. The Bertz CT molecular complexity index is 962. The van der Waals surface area contributed by atoms with Gasteiger partial charge in [-0.15, -0.1) is 21.5 Å². The number of hydrogen-bond acceptors (Lipinski definition) is 7. The van der Waals surface area contributed by atoms with E-state index in [4.69, 9.17) is 10.6 Å². The molecule has 0 aliphatic carbocycles. The topological polar surface area (TPSA) is 86.3 Å². The minimum absolute atomic E-state index is 0.00754. The van der Waals surface area contributed by atoms with Gasteiger partial charge in [0.15, 0.2) is 5.82 Å². The average molecular weight is 446 g/mol. The van der Waals surface area contributed by atoms with Crippen molar-refractivity contribution >= 4 is 29.0 Å². The first-order valence-corrected chi connectivity index (χ1v) is 11.4. The molecule has 0 saturated heterocycles. The van der Waals surface area contributed by atoms with E-state index in [0.717, 1.165) is 10.6 Å². The summed E-state index contributed by atoms with van der Waals surface area (Å²) in [5, 5.41) is 10.7. The number of thiophene rings is 1. The van der Waals surface area contributed by atoms with Crippen molar-refractivity contribution in [1.82, 2.24) is 19.8 Å². The second-order valence-electron chi connectivity index (χ2n) is 7.95. The first kappa shape index (κ1) is 22.2. The fraction of sp³-hybridized carbons (Fsp3) is 0.381. The number of amides is 1. The van der Waals surface area contributed by atoms with Gasteiger partial charge in [-0.1, -0.05) is 50.7 Å². The molecule has 9 heteroatoms. The summed E-state index contributed by atoms with van der Waals surface area (Å²) in [5.41, 5.74) is 1.33. The zero-order valence-corrected chi connectivity index (χ0v) is 19.3. The normalized spacial score (nSPS) is 11.5. The molecule has 2 heterocycles. The Kier molecular flexibility index (Phi) is 7.04. The molecule has 0 aliphatic rings. The Labute approximate surface area is 185 Å². The highest BCUT2D eigenvalue weighted by Crippen LogP contribution is 2.24. The molecule has 0 aliphatic heterocycles. The third-order valence-corrected chi connectivity index (χ3v) is 6.34. The van der Waals surface area contributed by atoms with Gasteiger partial charge >= 0.3 is 0 Å². The van der Waals surface area contributed by atoms with Crippen LogP contribution in [0.1, 0.15) is 37.0 Å². The second kappa shape index (κ2) is 9.53. The Balaban J connectivity index is 1.51. The molecular formula is C21H27N5O2S2. The summed E-state index contributed by atoms with van der Waals surface area (Å²) in [6.07, 6.45) is 0. The van der Waals surface area contributed by atoms with E-state index in [1.807, 2.05) is 29.6 Å². The van der Waals surface area contributed by atoms with Crippen LogP contribution in [0.4, 0.5) is 0 Å². The van der Waals surface area contributed by atoms with Gasteiger partial charge in [0.05, 0.1) is 12.3 Å². The molecule has 0 radical (unpaired) electrons. The summed E-state index contributed by atoms with van der Waals surface area (Å²) in [7, 11) is 1.79. The number of nitrogens with two attached hydrogens (primary N) is 1. The zero-order chi connectivity index (χ0) is 21.7. The predicted octanol–water partition coefficient (Wildman–Crippen LogP) is 3.68. The van der Waals surface area contributed by atoms with Crippen molar-refractivity contribution in [3.63, 3.8) is 0 Å². The molecule has 2 aromatic heterocycles. The van der Waals surface area contributed by atoms with Crippen molar-refractivity contribution in [1.29, 1.82) is 0 Å². The van der Waals surface area contributed by atoms with Crippen molar-refractivity contribution in [2.75, 3.05) is 18.6 Å². The highest BCUT2D eigenvalue weighted by molar-refractivity contribution is 7.99. The van der Waals surface area contributed by atoms with Crippen LogP contribution in [0, 0.1) is 0 Å². The van der Waals surface area contributed by atoms with Gasteiger partial charge in [0.1, 0.15) is 12.4 Å². The first-order chi connectivity index (χ1) is 14.2. The van der Waals surface area contributed by atoms with Crippen molar-refractivity contribution in [3.05, 3.63) is 58.0 Å². The van der Waals surface area contributed by atoms with Gasteiger partial charge in [-0.05, 0) is 34.6 Å². The molecule has 0 spiro atoms. The van der Waals surface area contributed by atoms with E-state index in [1.165, 1.54) is 22.0 Å². The molecule has 7 nitrogen and oxygen atoms in total. The van der Waals surface area contributed by atoms with E-state index >= 15 is 0 Å². The number of rotatable bonds is 8. The Morgan fingerprint density at radius 1 is 1.23 bits per heavy atom. The number of benzene rings is 1. The van der Waals surface area contributed by atoms with Crippen LogP contribution < -0.4 is 10.6 Å². The van der Waals surface area contributed by atoms with Crippen LogP contribution in [0.25, 0.3) is 0 Å². The number of ether oxygens (including phenoxy) is 1. The minimum Gasteiger partial charge on any atom is -0.486 e. The average Bonchev–Trinajstić information content (AvgIpc) is 3.34. The van der Waals surface area contributed by atoms with Crippen molar-refractivity contribution in [2.24, 2.45) is 0 Å². The molecule has 3 aromatic rings. The Morgan fingerprint density at radius 2 is 1.97 bits per heavy atom. The van der Waals surface area contributed by atoms with Crippen molar-refractivity contribution in [3.8, 4) is 5.75 Å². The minimum atomic E-state index is 0.00754. The molecule has 0 fully saturated rings. The summed E-state index contributed by atoms with van der Waals surface area (Å²) in [5.74, 6) is 7.58. The second-order valence-corrected chi connectivity index (χ2v) is 9.92. The Morgan fingerprint density at radius 3 is 2.60 bits per heavy atom.